The van der Waals surface area contributed by atoms with Crippen LogP contribution in [0.25, 0.3) is 5.57 Å². The van der Waals surface area contributed by atoms with Crippen molar-refractivity contribution in [3.63, 3.8) is 0 Å². The number of carbonyl (C=O) groups excluding carboxylic acids is 1. The minimum Gasteiger partial charge on any atom is -0.444 e. The van der Waals surface area contributed by atoms with E-state index >= 15 is 0 Å². The van der Waals surface area contributed by atoms with Gasteiger partial charge in [0.05, 0.1) is 0 Å². The summed E-state index contributed by atoms with van der Waals surface area (Å²) in [6.45, 7) is 0.701. The van der Waals surface area contributed by atoms with Crippen LogP contribution in [0.5, 0.6) is 0 Å². The quantitative estimate of drug-likeness (QED) is 0.523. The predicted octanol–water partition coefficient (Wildman–Crippen LogP) is 5.70. The Balaban J connectivity index is 1.44. The molecule has 1 amide bonds. The molecule has 3 aromatic rings. The Morgan fingerprint density at radius 3 is 2.25 bits per heavy atom. The molecule has 0 aromatic heterocycles. The first-order valence-electron chi connectivity index (χ1n) is 10.5. The summed E-state index contributed by atoms with van der Waals surface area (Å²) in [5, 5.41) is 5.77. The van der Waals surface area contributed by atoms with Gasteiger partial charge in [0.25, 0.3) is 0 Å². The number of ether oxygens (including phenoxy) is 1. The average molecular weight is 434 g/mol. The third kappa shape index (κ3) is 5.59. The molecule has 3 aromatic carbocycles. The van der Waals surface area contributed by atoms with Crippen LogP contribution in [0.2, 0.25) is 0 Å². The molecule has 4 rings (SSSR count). The van der Waals surface area contributed by atoms with E-state index in [0.29, 0.717) is 18.5 Å². The second-order valence-corrected chi connectivity index (χ2v) is 7.69. The Kier molecular flexibility index (Phi) is 6.92. The molecule has 0 spiro atoms. The molecule has 1 aliphatic rings. The van der Waals surface area contributed by atoms with E-state index in [9.17, 15) is 13.6 Å². The van der Waals surface area contributed by atoms with Gasteiger partial charge in [0, 0.05) is 17.3 Å². The van der Waals surface area contributed by atoms with Crippen LogP contribution in [0.1, 0.15) is 23.1 Å². The Hall–Kier alpha value is -3.51. The highest BCUT2D eigenvalue weighted by Gasteiger charge is 2.21. The van der Waals surface area contributed by atoms with Gasteiger partial charge < -0.3 is 10.1 Å². The van der Waals surface area contributed by atoms with Gasteiger partial charge in [-0.3, -0.25) is 5.32 Å². The first-order chi connectivity index (χ1) is 15.6. The summed E-state index contributed by atoms with van der Waals surface area (Å²) in [5.41, 5.74) is 2.55. The Labute approximate surface area is 185 Å². The summed E-state index contributed by atoms with van der Waals surface area (Å²) >= 11 is 0. The molecule has 4 nitrogen and oxygen atoms in total. The van der Waals surface area contributed by atoms with E-state index in [0.717, 1.165) is 29.7 Å². The summed E-state index contributed by atoms with van der Waals surface area (Å²) in [4.78, 5) is 12.0. The molecule has 0 saturated carbocycles. The van der Waals surface area contributed by atoms with E-state index in [1.165, 1.54) is 0 Å². The summed E-state index contributed by atoms with van der Waals surface area (Å²) in [5.74, 6) is -1.43. The molecule has 32 heavy (non-hydrogen) atoms. The molecular formula is C26H24F2N2O2. The lowest BCUT2D eigenvalue weighted by molar-refractivity contribution is 0.155. The average Bonchev–Trinajstić information content (AvgIpc) is 2.79. The largest absolute Gasteiger partial charge is 0.444 e. The van der Waals surface area contributed by atoms with E-state index < -0.39 is 17.7 Å². The second kappa shape index (κ2) is 10.2. The van der Waals surface area contributed by atoms with Gasteiger partial charge in [-0.1, -0.05) is 66.7 Å². The molecule has 1 aliphatic heterocycles. The molecule has 1 heterocycles. The van der Waals surface area contributed by atoms with E-state index in [1.807, 2.05) is 66.7 Å². The highest BCUT2D eigenvalue weighted by Crippen LogP contribution is 2.30. The first kappa shape index (κ1) is 21.7. The van der Waals surface area contributed by atoms with E-state index in [4.69, 9.17) is 4.74 Å². The minimum absolute atomic E-state index is 0.00860. The number of anilines is 1. The van der Waals surface area contributed by atoms with Gasteiger partial charge in [-0.25, -0.2) is 13.6 Å². The van der Waals surface area contributed by atoms with Crippen LogP contribution in [0.3, 0.4) is 0 Å². The lowest BCUT2D eigenvalue weighted by Gasteiger charge is -2.24. The highest BCUT2D eigenvalue weighted by atomic mass is 19.1. The van der Waals surface area contributed by atoms with Crippen LogP contribution in [0.15, 0.2) is 78.9 Å². The molecule has 0 radical (unpaired) electrons. The molecular weight excluding hydrogens is 410 g/mol. The summed E-state index contributed by atoms with van der Waals surface area (Å²) in [7, 11) is 0. The second-order valence-electron chi connectivity index (χ2n) is 7.69. The zero-order valence-electron chi connectivity index (χ0n) is 17.5. The molecule has 0 bridgehead atoms. The van der Waals surface area contributed by atoms with Gasteiger partial charge in [0.2, 0.25) is 0 Å². The number of nitrogens with one attached hydrogen (secondary N) is 2. The van der Waals surface area contributed by atoms with Crippen molar-refractivity contribution in [1.29, 1.82) is 0 Å². The molecule has 0 aliphatic carbocycles. The van der Waals surface area contributed by atoms with Crippen molar-refractivity contribution in [3.05, 3.63) is 107 Å². The fourth-order valence-electron chi connectivity index (χ4n) is 3.81. The van der Waals surface area contributed by atoms with Crippen LogP contribution in [-0.2, 0) is 17.8 Å². The Morgan fingerprint density at radius 2 is 1.59 bits per heavy atom. The van der Waals surface area contributed by atoms with Crippen molar-refractivity contribution in [2.24, 2.45) is 0 Å². The number of benzene rings is 3. The standard InChI is InChI=1S/C26H24F2N2O2/c27-23-15-22(30-26(31)32-17-19-9-5-2-6-10-19)16-24(28)25(23)20-11-12-29-21(14-20)13-18-7-3-1-4-8-18/h1-10,14-16,21,29H,11-13,17H2,(H,30,31). The lowest BCUT2D eigenvalue weighted by Crippen LogP contribution is -2.34. The SMILES string of the molecule is O=C(Nc1cc(F)c(C2=CC(Cc3ccccc3)NCC2)c(F)c1)OCc1ccccc1. The van der Waals surface area contributed by atoms with Gasteiger partial charge in [0.15, 0.2) is 0 Å². The maximum atomic E-state index is 14.9. The topological polar surface area (TPSA) is 50.4 Å². The van der Waals surface area contributed by atoms with Crippen molar-refractivity contribution in [1.82, 2.24) is 5.32 Å². The van der Waals surface area contributed by atoms with Crippen LogP contribution in [0, 0.1) is 11.6 Å². The van der Waals surface area contributed by atoms with Crippen LogP contribution in [-0.4, -0.2) is 18.7 Å². The van der Waals surface area contributed by atoms with Gasteiger partial charge >= 0.3 is 6.09 Å². The van der Waals surface area contributed by atoms with Crippen LogP contribution >= 0.6 is 0 Å². The van der Waals surface area contributed by atoms with E-state index in [1.54, 1.807) is 0 Å². The van der Waals surface area contributed by atoms with Crippen molar-refractivity contribution >= 4 is 17.4 Å². The summed E-state index contributed by atoms with van der Waals surface area (Å²) in [6.07, 6.45) is 2.37. The monoisotopic (exact) mass is 434 g/mol. The van der Waals surface area contributed by atoms with Gasteiger partial charge in [-0.2, -0.15) is 0 Å². The van der Waals surface area contributed by atoms with E-state index in [2.05, 4.69) is 10.6 Å². The number of carbonyl (C=O) groups is 1. The maximum Gasteiger partial charge on any atom is 0.411 e. The van der Waals surface area contributed by atoms with Crippen molar-refractivity contribution in [3.8, 4) is 0 Å². The third-order valence-corrected chi connectivity index (χ3v) is 5.32. The lowest BCUT2D eigenvalue weighted by atomic mass is 9.93. The molecule has 6 heteroatoms. The van der Waals surface area contributed by atoms with Crippen molar-refractivity contribution in [2.45, 2.75) is 25.5 Å². The van der Waals surface area contributed by atoms with Gasteiger partial charge in [-0.05, 0) is 48.2 Å². The Bertz CT molecular complexity index is 1080. The fraction of sp³-hybridized carbons (Fsp3) is 0.192. The van der Waals surface area contributed by atoms with Gasteiger partial charge in [-0.15, -0.1) is 0 Å². The minimum atomic E-state index is -0.774. The van der Waals surface area contributed by atoms with Crippen LogP contribution < -0.4 is 10.6 Å². The van der Waals surface area contributed by atoms with E-state index in [-0.39, 0.29) is 23.9 Å². The predicted molar refractivity (Wildman–Crippen MR) is 121 cm³/mol. The molecule has 1 unspecified atom stereocenters. The number of amides is 1. The zero-order valence-corrected chi connectivity index (χ0v) is 17.5. The number of hydrogen-bond donors (Lipinski definition) is 2. The maximum absolute atomic E-state index is 14.9. The number of halogens is 2. The highest BCUT2D eigenvalue weighted by molar-refractivity contribution is 5.85. The molecule has 0 fully saturated rings. The number of rotatable bonds is 6. The molecule has 0 saturated heterocycles. The van der Waals surface area contributed by atoms with Crippen molar-refractivity contribution in [2.75, 3.05) is 11.9 Å². The number of hydrogen-bond acceptors (Lipinski definition) is 3. The smallest absolute Gasteiger partial charge is 0.411 e. The summed E-state index contributed by atoms with van der Waals surface area (Å²) in [6, 6.07) is 21.4. The zero-order chi connectivity index (χ0) is 22.3. The van der Waals surface area contributed by atoms with Crippen molar-refractivity contribution < 1.29 is 18.3 Å². The fourth-order valence-corrected chi connectivity index (χ4v) is 3.81. The normalized spacial score (nSPS) is 15.7. The Morgan fingerprint density at radius 1 is 0.969 bits per heavy atom. The third-order valence-electron chi connectivity index (χ3n) is 5.32. The molecule has 2 N–H and O–H groups in total. The van der Waals surface area contributed by atoms with Crippen LogP contribution in [0.4, 0.5) is 19.3 Å². The summed E-state index contributed by atoms with van der Waals surface area (Å²) < 4.78 is 34.8. The molecule has 164 valence electrons. The first-order valence-corrected chi connectivity index (χ1v) is 10.5. The van der Waals surface area contributed by atoms with Gasteiger partial charge in [0.1, 0.15) is 18.2 Å². The molecule has 1 atom stereocenters.